The van der Waals surface area contributed by atoms with Gasteiger partial charge in [0.2, 0.25) is 0 Å². The van der Waals surface area contributed by atoms with Crippen LogP contribution in [0.2, 0.25) is 0 Å². The topological polar surface area (TPSA) is 53.6 Å². The summed E-state index contributed by atoms with van der Waals surface area (Å²) >= 11 is 0. The van der Waals surface area contributed by atoms with E-state index < -0.39 is 0 Å². The van der Waals surface area contributed by atoms with Crippen molar-refractivity contribution in [1.82, 2.24) is 10.2 Å². The van der Waals surface area contributed by atoms with Crippen molar-refractivity contribution < 1.29 is 0 Å². The molecular formula is C20H29IN4. The first kappa shape index (κ1) is 21.4. The number of guanidine groups is 1. The monoisotopic (exact) mass is 452 g/mol. The van der Waals surface area contributed by atoms with Crippen molar-refractivity contribution in [3.05, 3.63) is 71.3 Å². The van der Waals surface area contributed by atoms with E-state index in [1.807, 2.05) is 6.07 Å². The van der Waals surface area contributed by atoms with Crippen molar-refractivity contribution in [2.45, 2.75) is 26.4 Å². The highest BCUT2D eigenvalue weighted by Crippen LogP contribution is 2.08. The molecule has 0 spiro atoms. The van der Waals surface area contributed by atoms with Crippen LogP contribution >= 0.6 is 24.0 Å². The second-order valence-electron chi connectivity index (χ2n) is 6.01. The Kier molecular flexibility index (Phi) is 10.2. The second kappa shape index (κ2) is 11.9. The van der Waals surface area contributed by atoms with Crippen LogP contribution in [-0.4, -0.2) is 31.0 Å². The summed E-state index contributed by atoms with van der Waals surface area (Å²) in [5.41, 5.74) is 9.75. The fourth-order valence-corrected chi connectivity index (χ4v) is 2.46. The van der Waals surface area contributed by atoms with Crippen molar-refractivity contribution in [3.8, 4) is 0 Å². The molecular weight excluding hydrogens is 423 g/mol. The molecule has 0 fully saturated rings. The third-order valence-electron chi connectivity index (χ3n) is 3.98. The van der Waals surface area contributed by atoms with Gasteiger partial charge in [0.25, 0.3) is 0 Å². The lowest BCUT2D eigenvalue weighted by molar-refractivity contribution is 0.345. The Hall–Kier alpha value is -1.60. The van der Waals surface area contributed by atoms with Gasteiger partial charge in [-0.05, 0) is 36.7 Å². The first-order valence-corrected chi connectivity index (χ1v) is 8.51. The van der Waals surface area contributed by atoms with Gasteiger partial charge in [-0.2, -0.15) is 0 Å². The van der Waals surface area contributed by atoms with Gasteiger partial charge in [-0.25, -0.2) is 4.99 Å². The fourth-order valence-electron chi connectivity index (χ4n) is 2.46. The maximum Gasteiger partial charge on any atom is 0.188 e. The molecule has 0 radical (unpaired) electrons. The Labute approximate surface area is 168 Å². The summed E-state index contributed by atoms with van der Waals surface area (Å²) in [6, 6.07) is 18.9. The summed E-state index contributed by atoms with van der Waals surface area (Å²) in [4.78, 5) is 6.72. The molecule has 0 aliphatic carbocycles. The summed E-state index contributed by atoms with van der Waals surface area (Å²) in [5, 5.41) is 3.18. The lowest BCUT2D eigenvalue weighted by Crippen LogP contribution is -2.33. The highest BCUT2D eigenvalue weighted by Gasteiger charge is 2.00. The number of nitrogens with two attached hydrogens (primary N) is 1. The van der Waals surface area contributed by atoms with E-state index >= 15 is 0 Å². The van der Waals surface area contributed by atoms with E-state index in [1.165, 1.54) is 16.7 Å². The molecule has 0 aliphatic rings. The first-order chi connectivity index (χ1) is 11.7. The van der Waals surface area contributed by atoms with Crippen molar-refractivity contribution in [1.29, 1.82) is 0 Å². The quantitative estimate of drug-likeness (QED) is 0.367. The van der Waals surface area contributed by atoms with Crippen LogP contribution in [0.4, 0.5) is 0 Å². The second-order valence-corrected chi connectivity index (χ2v) is 6.01. The molecule has 3 N–H and O–H groups in total. The highest BCUT2D eigenvalue weighted by molar-refractivity contribution is 14.0. The largest absolute Gasteiger partial charge is 0.370 e. The molecule has 2 aromatic rings. The molecule has 0 saturated carbocycles. The van der Waals surface area contributed by atoms with Crippen LogP contribution in [0.3, 0.4) is 0 Å². The van der Waals surface area contributed by atoms with E-state index in [2.05, 4.69) is 77.7 Å². The zero-order valence-electron chi connectivity index (χ0n) is 15.1. The molecule has 0 bridgehead atoms. The molecule has 0 aliphatic heterocycles. The van der Waals surface area contributed by atoms with Crippen LogP contribution in [0.5, 0.6) is 0 Å². The number of benzene rings is 2. The lowest BCUT2D eigenvalue weighted by atomic mass is 10.1. The molecule has 2 aromatic carbocycles. The molecule has 4 nitrogen and oxygen atoms in total. The third-order valence-corrected chi connectivity index (χ3v) is 3.98. The van der Waals surface area contributed by atoms with Gasteiger partial charge >= 0.3 is 0 Å². The van der Waals surface area contributed by atoms with Gasteiger partial charge in [0.05, 0.1) is 6.54 Å². The zero-order chi connectivity index (χ0) is 17.2. The average molecular weight is 452 g/mol. The molecule has 0 aromatic heterocycles. The van der Waals surface area contributed by atoms with E-state index in [4.69, 9.17) is 5.73 Å². The number of nitrogens with one attached hydrogen (secondary N) is 1. The molecule has 136 valence electrons. The smallest absolute Gasteiger partial charge is 0.188 e. The van der Waals surface area contributed by atoms with Gasteiger partial charge in [-0.1, -0.05) is 61.5 Å². The van der Waals surface area contributed by atoms with E-state index in [0.29, 0.717) is 12.5 Å². The van der Waals surface area contributed by atoms with Gasteiger partial charge in [-0.15, -0.1) is 24.0 Å². The van der Waals surface area contributed by atoms with E-state index in [0.717, 1.165) is 26.1 Å². The maximum atomic E-state index is 5.96. The summed E-state index contributed by atoms with van der Waals surface area (Å²) < 4.78 is 0. The summed E-state index contributed by atoms with van der Waals surface area (Å²) in [6.07, 6.45) is 0.940. The fraction of sp³-hybridized carbons (Fsp3) is 0.350. The Morgan fingerprint density at radius 2 is 1.72 bits per heavy atom. The molecule has 0 saturated heterocycles. The van der Waals surface area contributed by atoms with Crippen molar-refractivity contribution in [3.63, 3.8) is 0 Å². The van der Waals surface area contributed by atoms with Gasteiger partial charge in [0.1, 0.15) is 0 Å². The van der Waals surface area contributed by atoms with Crippen molar-refractivity contribution in [2.75, 3.05) is 20.1 Å². The van der Waals surface area contributed by atoms with Crippen molar-refractivity contribution in [2.24, 2.45) is 10.7 Å². The molecule has 2 rings (SSSR count). The Morgan fingerprint density at radius 1 is 1.04 bits per heavy atom. The standard InChI is InChI=1S/C20H28N4.HI/c1-3-24(2)16-19-11-7-10-18(14-19)15-23-20(21)22-13-12-17-8-5-4-6-9-17;/h4-11,14H,3,12-13,15-16H2,1-2H3,(H3,21,22,23);1H. The average Bonchev–Trinajstić information content (AvgIpc) is 2.61. The molecule has 25 heavy (non-hydrogen) atoms. The van der Waals surface area contributed by atoms with Crippen LogP contribution in [0.1, 0.15) is 23.6 Å². The minimum atomic E-state index is 0. The van der Waals surface area contributed by atoms with E-state index in [9.17, 15) is 0 Å². The molecule has 0 atom stereocenters. The number of rotatable bonds is 8. The molecule has 0 heterocycles. The zero-order valence-corrected chi connectivity index (χ0v) is 17.4. The number of aliphatic imine (C=N–C) groups is 1. The van der Waals surface area contributed by atoms with Crippen LogP contribution in [-0.2, 0) is 19.5 Å². The third kappa shape index (κ3) is 8.36. The molecule has 5 heteroatoms. The minimum absolute atomic E-state index is 0. The Balaban J connectivity index is 0.00000312. The number of halogens is 1. The first-order valence-electron chi connectivity index (χ1n) is 8.51. The minimum Gasteiger partial charge on any atom is -0.370 e. The number of hydrogen-bond donors (Lipinski definition) is 2. The number of hydrogen-bond acceptors (Lipinski definition) is 2. The van der Waals surface area contributed by atoms with Gasteiger partial charge in [0, 0.05) is 13.1 Å². The summed E-state index contributed by atoms with van der Waals surface area (Å²) in [6.45, 7) is 5.56. The number of nitrogens with zero attached hydrogens (tertiary/aromatic N) is 2. The Bertz CT molecular complexity index is 643. The van der Waals surface area contributed by atoms with Gasteiger partial charge in [-0.3, -0.25) is 0 Å². The normalized spacial score (nSPS) is 11.2. The predicted molar refractivity (Wildman–Crippen MR) is 117 cm³/mol. The summed E-state index contributed by atoms with van der Waals surface area (Å²) in [5.74, 6) is 0.502. The maximum absolute atomic E-state index is 5.96. The molecule has 0 unspecified atom stereocenters. The summed E-state index contributed by atoms with van der Waals surface area (Å²) in [7, 11) is 2.12. The van der Waals surface area contributed by atoms with Crippen LogP contribution in [0.15, 0.2) is 59.6 Å². The molecule has 0 amide bonds. The van der Waals surface area contributed by atoms with Crippen LogP contribution in [0.25, 0.3) is 0 Å². The van der Waals surface area contributed by atoms with Gasteiger partial charge < -0.3 is 16.0 Å². The van der Waals surface area contributed by atoms with E-state index in [-0.39, 0.29) is 24.0 Å². The van der Waals surface area contributed by atoms with Crippen molar-refractivity contribution >= 4 is 29.9 Å². The SMILES string of the molecule is CCN(C)Cc1cccc(CN=C(N)NCCc2ccccc2)c1.I. The van der Waals surface area contributed by atoms with Crippen LogP contribution < -0.4 is 11.1 Å². The lowest BCUT2D eigenvalue weighted by Gasteiger charge is -2.14. The predicted octanol–water partition coefficient (Wildman–Crippen LogP) is 3.40. The highest BCUT2D eigenvalue weighted by atomic mass is 127. The Morgan fingerprint density at radius 3 is 2.44 bits per heavy atom. The van der Waals surface area contributed by atoms with Gasteiger partial charge in [0.15, 0.2) is 5.96 Å². The van der Waals surface area contributed by atoms with Crippen LogP contribution in [0, 0.1) is 0 Å². The van der Waals surface area contributed by atoms with E-state index in [1.54, 1.807) is 0 Å².